The number of nitrogens with one attached hydrogen (secondary N) is 1. The SMILES string of the molecule is Cc1ccc(C(=O)OCC(=O)Nc2ccc3c(c2)OCCO3)cc1. The number of aryl methyl sites for hydroxylation is 1. The molecular formula is C18H17NO5. The van der Waals surface area contributed by atoms with Gasteiger partial charge in [0.1, 0.15) is 13.2 Å². The van der Waals surface area contributed by atoms with Crippen molar-refractivity contribution in [2.24, 2.45) is 0 Å². The molecule has 0 radical (unpaired) electrons. The molecule has 6 heteroatoms. The Balaban J connectivity index is 1.54. The first-order chi connectivity index (χ1) is 11.6. The molecule has 3 rings (SSSR count). The minimum Gasteiger partial charge on any atom is -0.486 e. The van der Waals surface area contributed by atoms with E-state index < -0.39 is 11.9 Å². The fourth-order valence-electron chi connectivity index (χ4n) is 2.22. The number of benzene rings is 2. The summed E-state index contributed by atoms with van der Waals surface area (Å²) in [5.74, 6) is 0.264. The Hall–Kier alpha value is -3.02. The molecule has 1 N–H and O–H groups in total. The van der Waals surface area contributed by atoms with Gasteiger partial charge in [-0.3, -0.25) is 4.79 Å². The van der Waals surface area contributed by atoms with Crippen molar-refractivity contribution in [1.82, 2.24) is 0 Å². The van der Waals surface area contributed by atoms with E-state index >= 15 is 0 Å². The zero-order valence-electron chi connectivity index (χ0n) is 13.2. The van der Waals surface area contributed by atoms with Crippen molar-refractivity contribution in [2.75, 3.05) is 25.1 Å². The molecule has 0 bridgehead atoms. The Kier molecular flexibility index (Phi) is 4.65. The second-order valence-electron chi connectivity index (χ2n) is 5.35. The van der Waals surface area contributed by atoms with E-state index in [1.165, 1.54) is 0 Å². The highest BCUT2D eigenvalue weighted by molar-refractivity contribution is 5.95. The predicted molar refractivity (Wildman–Crippen MR) is 87.5 cm³/mol. The summed E-state index contributed by atoms with van der Waals surface area (Å²) in [4.78, 5) is 23.8. The molecule has 0 aliphatic carbocycles. The van der Waals surface area contributed by atoms with Gasteiger partial charge in [0.05, 0.1) is 5.56 Å². The lowest BCUT2D eigenvalue weighted by molar-refractivity contribution is -0.119. The monoisotopic (exact) mass is 327 g/mol. The molecule has 2 aromatic rings. The van der Waals surface area contributed by atoms with Crippen molar-refractivity contribution in [2.45, 2.75) is 6.92 Å². The number of fused-ring (bicyclic) bond motifs is 1. The summed E-state index contributed by atoms with van der Waals surface area (Å²) >= 11 is 0. The quantitative estimate of drug-likeness (QED) is 0.874. The van der Waals surface area contributed by atoms with Crippen LogP contribution in [0.15, 0.2) is 42.5 Å². The van der Waals surface area contributed by atoms with Gasteiger partial charge >= 0.3 is 5.97 Å². The fraction of sp³-hybridized carbons (Fsp3) is 0.222. The molecule has 0 unspecified atom stereocenters. The van der Waals surface area contributed by atoms with Gasteiger partial charge in [-0.15, -0.1) is 0 Å². The highest BCUT2D eigenvalue weighted by Crippen LogP contribution is 2.32. The van der Waals surface area contributed by atoms with Gasteiger partial charge in [0.15, 0.2) is 18.1 Å². The molecule has 0 atom stereocenters. The summed E-state index contributed by atoms with van der Waals surface area (Å²) in [6, 6.07) is 12.0. The molecule has 0 aromatic heterocycles. The first-order valence-corrected chi connectivity index (χ1v) is 7.55. The number of carbonyl (C=O) groups excluding carboxylic acids is 2. The Bertz CT molecular complexity index is 755. The van der Waals surface area contributed by atoms with Crippen LogP contribution in [0.4, 0.5) is 5.69 Å². The molecule has 24 heavy (non-hydrogen) atoms. The summed E-state index contributed by atoms with van der Waals surface area (Å²) in [7, 11) is 0. The minimum absolute atomic E-state index is 0.360. The Morgan fingerprint density at radius 3 is 2.50 bits per heavy atom. The number of carbonyl (C=O) groups is 2. The molecule has 124 valence electrons. The molecule has 1 amide bonds. The topological polar surface area (TPSA) is 73.9 Å². The van der Waals surface area contributed by atoms with Gasteiger partial charge < -0.3 is 19.5 Å². The number of esters is 1. The third-order valence-electron chi connectivity index (χ3n) is 3.45. The molecule has 1 heterocycles. The standard InChI is InChI=1S/C18H17NO5/c1-12-2-4-13(5-3-12)18(21)24-11-17(20)19-14-6-7-15-16(10-14)23-9-8-22-15/h2-7,10H,8-9,11H2,1H3,(H,19,20). The van der Waals surface area contributed by atoms with Crippen LogP contribution in [0.2, 0.25) is 0 Å². The zero-order valence-corrected chi connectivity index (χ0v) is 13.2. The van der Waals surface area contributed by atoms with Crippen LogP contribution in [-0.4, -0.2) is 31.7 Å². The van der Waals surface area contributed by atoms with Crippen LogP contribution in [0.3, 0.4) is 0 Å². The molecule has 2 aromatic carbocycles. The van der Waals surface area contributed by atoms with E-state index in [1.807, 2.05) is 19.1 Å². The largest absolute Gasteiger partial charge is 0.486 e. The third-order valence-corrected chi connectivity index (χ3v) is 3.45. The number of amides is 1. The highest BCUT2D eigenvalue weighted by Gasteiger charge is 2.14. The normalized spacial score (nSPS) is 12.4. The van der Waals surface area contributed by atoms with Crippen LogP contribution in [0.1, 0.15) is 15.9 Å². The second-order valence-corrected chi connectivity index (χ2v) is 5.35. The maximum atomic E-state index is 11.9. The number of hydrogen-bond acceptors (Lipinski definition) is 5. The van der Waals surface area contributed by atoms with Crippen LogP contribution in [-0.2, 0) is 9.53 Å². The van der Waals surface area contributed by atoms with E-state index in [2.05, 4.69) is 5.32 Å². The van der Waals surface area contributed by atoms with Crippen LogP contribution in [0.5, 0.6) is 11.5 Å². The molecule has 0 fully saturated rings. The molecule has 0 saturated carbocycles. The first kappa shape index (κ1) is 15.9. The molecular weight excluding hydrogens is 310 g/mol. The number of rotatable bonds is 4. The van der Waals surface area contributed by atoms with Crippen LogP contribution in [0.25, 0.3) is 0 Å². The van der Waals surface area contributed by atoms with Crippen molar-refractivity contribution in [3.05, 3.63) is 53.6 Å². The van der Waals surface area contributed by atoms with Crippen molar-refractivity contribution in [3.8, 4) is 11.5 Å². The summed E-state index contributed by atoms with van der Waals surface area (Å²) in [5, 5.41) is 2.66. The Morgan fingerprint density at radius 1 is 1.04 bits per heavy atom. The van der Waals surface area contributed by atoms with E-state index in [1.54, 1.807) is 30.3 Å². The van der Waals surface area contributed by atoms with E-state index in [4.69, 9.17) is 14.2 Å². The number of hydrogen-bond donors (Lipinski definition) is 1. The third kappa shape index (κ3) is 3.84. The van der Waals surface area contributed by atoms with Gasteiger partial charge in [-0.2, -0.15) is 0 Å². The summed E-state index contributed by atoms with van der Waals surface area (Å²) in [6.07, 6.45) is 0. The summed E-state index contributed by atoms with van der Waals surface area (Å²) in [6.45, 7) is 2.54. The maximum absolute atomic E-state index is 11.9. The second kappa shape index (κ2) is 7.04. The van der Waals surface area contributed by atoms with Crippen molar-refractivity contribution >= 4 is 17.6 Å². The van der Waals surface area contributed by atoms with Crippen LogP contribution >= 0.6 is 0 Å². The lowest BCUT2D eigenvalue weighted by atomic mass is 10.1. The Morgan fingerprint density at radius 2 is 1.75 bits per heavy atom. The van der Waals surface area contributed by atoms with Crippen molar-refractivity contribution in [1.29, 1.82) is 0 Å². The van der Waals surface area contributed by atoms with Gasteiger partial charge in [0, 0.05) is 11.8 Å². The number of ether oxygens (including phenoxy) is 3. The van der Waals surface area contributed by atoms with E-state index in [9.17, 15) is 9.59 Å². The van der Waals surface area contributed by atoms with E-state index in [-0.39, 0.29) is 6.61 Å². The molecule has 1 aliphatic rings. The van der Waals surface area contributed by atoms with Gasteiger partial charge in [0.25, 0.3) is 5.91 Å². The Labute approximate surface area is 139 Å². The van der Waals surface area contributed by atoms with E-state index in [0.29, 0.717) is 36.0 Å². The fourth-order valence-corrected chi connectivity index (χ4v) is 2.22. The van der Waals surface area contributed by atoms with Gasteiger partial charge in [0.2, 0.25) is 0 Å². The lowest BCUT2D eigenvalue weighted by Gasteiger charge is -2.19. The lowest BCUT2D eigenvalue weighted by Crippen LogP contribution is -2.21. The average molecular weight is 327 g/mol. The molecule has 0 saturated heterocycles. The van der Waals surface area contributed by atoms with Crippen LogP contribution in [0, 0.1) is 6.92 Å². The first-order valence-electron chi connectivity index (χ1n) is 7.55. The molecule has 6 nitrogen and oxygen atoms in total. The zero-order chi connectivity index (χ0) is 16.9. The van der Waals surface area contributed by atoms with Crippen molar-refractivity contribution < 1.29 is 23.8 Å². The number of anilines is 1. The van der Waals surface area contributed by atoms with Crippen LogP contribution < -0.4 is 14.8 Å². The predicted octanol–water partition coefficient (Wildman–Crippen LogP) is 2.56. The smallest absolute Gasteiger partial charge is 0.338 e. The summed E-state index contributed by atoms with van der Waals surface area (Å²) in [5.41, 5.74) is 2.01. The van der Waals surface area contributed by atoms with Crippen molar-refractivity contribution in [3.63, 3.8) is 0 Å². The van der Waals surface area contributed by atoms with Gasteiger partial charge in [-0.25, -0.2) is 4.79 Å². The molecule has 1 aliphatic heterocycles. The average Bonchev–Trinajstić information content (AvgIpc) is 2.60. The summed E-state index contributed by atoms with van der Waals surface area (Å²) < 4.78 is 15.9. The van der Waals surface area contributed by atoms with E-state index in [0.717, 1.165) is 5.56 Å². The van der Waals surface area contributed by atoms with Gasteiger partial charge in [-0.1, -0.05) is 17.7 Å². The van der Waals surface area contributed by atoms with Gasteiger partial charge in [-0.05, 0) is 31.2 Å². The molecule has 0 spiro atoms. The highest BCUT2D eigenvalue weighted by atomic mass is 16.6. The minimum atomic E-state index is -0.535. The maximum Gasteiger partial charge on any atom is 0.338 e.